The van der Waals surface area contributed by atoms with Crippen LogP contribution in [0.2, 0.25) is 0 Å². The zero-order valence-electron chi connectivity index (χ0n) is 16.8. The van der Waals surface area contributed by atoms with Crippen LogP contribution < -0.4 is 5.32 Å². The van der Waals surface area contributed by atoms with E-state index in [0.717, 1.165) is 11.8 Å². The molecule has 1 aromatic carbocycles. The summed E-state index contributed by atoms with van der Waals surface area (Å²) in [5, 5.41) is 12.8. The number of hydrogen-bond acceptors (Lipinski definition) is 6. The number of benzene rings is 1. The van der Waals surface area contributed by atoms with E-state index in [4.69, 9.17) is 10.00 Å². The minimum Gasteiger partial charge on any atom is -0.378 e. The lowest BCUT2D eigenvalue weighted by Gasteiger charge is -2.14. The van der Waals surface area contributed by atoms with E-state index < -0.39 is 11.7 Å². The van der Waals surface area contributed by atoms with Crippen LogP contribution in [-0.4, -0.2) is 22.1 Å². The zero-order chi connectivity index (χ0) is 22.7. The van der Waals surface area contributed by atoms with Gasteiger partial charge in [0.05, 0.1) is 40.9 Å². The van der Waals surface area contributed by atoms with E-state index in [1.54, 1.807) is 36.4 Å². The van der Waals surface area contributed by atoms with E-state index in [1.807, 2.05) is 0 Å². The number of fused-ring (bicyclic) bond motifs is 1. The van der Waals surface area contributed by atoms with E-state index >= 15 is 0 Å². The molecule has 0 atom stereocenters. The van der Waals surface area contributed by atoms with Crippen molar-refractivity contribution in [1.82, 2.24) is 15.0 Å². The van der Waals surface area contributed by atoms with E-state index in [-0.39, 0.29) is 23.6 Å². The summed E-state index contributed by atoms with van der Waals surface area (Å²) < 4.78 is 45.5. The second-order valence-corrected chi connectivity index (χ2v) is 6.87. The summed E-state index contributed by atoms with van der Waals surface area (Å²) in [5.74, 6) is 0. The van der Waals surface area contributed by atoms with Crippen molar-refractivity contribution >= 4 is 22.4 Å². The molecule has 0 spiro atoms. The highest BCUT2D eigenvalue weighted by molar-refractivity contribution is 5.92. The van der Waals surface area contributed by atoms with Crippen LogP contribution in [0.3, 0.4) is 0 Å². The molecule has 0 unspecified atom stereocenters. The lowest BCUT2D eigenvalue weighted by atomic mass is 10.1. The Labute approximate surface area is 181 Å². The van der Waals surface area contributed by atoms with Crippen LogP contribution in [0.4, 0.5) is 24.5 Å². The van der Waals surface area contributed by atoms with Gasteiger partial charge in [-0.15, -0.1) is 0 Å². The second kappa shape index (κ2) is 8.61. The van der Waals surface area contributed by atoms with Gasteiger partial charge in [0.2, 0.25) is 0 Å². The maximum atomic E-state index is 13.4. The van der Waals surface area contributed by atoms with Gasteiger partial charge in [0, 0.05) is 24.4 Å². The highest BCUT2D eigenvalue weighted by Gasteiger charge is 2.34. The normalized spacial score (nSPS) is 11.3. The van der Waals surface area contributed by atoms with Gasteiger partial charge in [-0.05, 0) is 54.6 Å². The first kappa shape index (κ1) is 21.2. The lowest BCUT2D eigenvalue weighted by Crippen LogP contribution is -2.09. The van der Waals surface area contributed by atoms with Crippen molar-refractivity contribution < 1.29 is 17.9 Å². The molecule has 160 valence electrons. The predicted octanol–water partition coefficient (Wildman–Crippen LogP) is 5.47. The largest absolute Gasteiger partial charge is 0.418 e. The number of nitriles is 1. The van der Waals surface area contributed by atoms with E-state index in [0.29, 0.717) is 22.3 Å². The average molecular weight is 435 g/mol. The van der Waals surface area contributed by atoms with Gasteiger partial charge in [-0.2, -0.15) is 18.4 Å². The molecule has 4 rings (SSSR count). The number of nitrogens with one attached hydrogen (secondary N) is 1. The van der Waals surface area contributed by atoms with Gasteiger partial charge in [0.15, 0.2) is 5.65 Å². The van der Waals surface area contributed by atoms with E-state index in [9.17, 15) is 13.2 Å². The molecular weight excluding hydrogens is 419 g/mol. The first-order chi connectivity index (χ1) is 15.4. The number of methoxy groups -OCH3 is 1. The summed E-state index contributed by atoms with van der Waals surface area (Å²) in [5.41, 5.74) is 1.66. The molecule has 0 saturated heterocycles. The molecule has 0 amide bonds. The molecule has 32 heavy (non-hydrogen) atoms. The Morgan fingerprint density at radius 1 is 1.06 bits per heavy atom. The quantitative estimate of drug-likeness (QED) is 0.447. The molecule has 0 aliphatic carbocycles. The fraction of sp³-hybridized carbons (Fsp3) is 0.130. The van der Waals surface area contributed by atoms with Gasteiger partial charge in [-0.3, -0.25) is 4.98 Å². The summed E-state index contributed by atoms with van der Waals surface area (Å²) in [7, 11) is 1.52. The van der Waals surface area contributed by atoms with Gasteiger partial charge < -0.3 is 10.1 Å². The van der Waals surface area contributed by atoms with Gasteiger partial charge >= 0.3 is 6.18 Å². The molecule has 3 heterocycles. The van der Waals surface area contributed by atoms with Crippen LogP contribution >= 0.6 is 0 Å². The molecule has 0 saturated carbocycles. The SMILES string of the molecule is COCc1cc(Nc2ccc(C#N)cc2)c2ccc(-c3ncccc3C(F)(F)F)nc2n1. The number of ether oxygens (including phenoxy) is 1. The third-order valence-electron chi connectivity index (χ3n) is 4.67. The number of alkyl halides is 3. The zero-order valence-corrected chi connectivity index (χ0v) is 16.8. The minimum absolute atomic E-state index is 0.0665. The Bertz CT molecular complexity index is 1310. The highest BCUT2D eigenvalue weighted by Crippen LogP contribution is 2.36. The summed E-state index contributed by atoms with van der Waals surface area (Å²) in [6.45, 7) is 0.196. The Morgan fingerprint density at radius 2 is 1.84 bits per heavy atom. The molecule has 0 radical (unpaired) electrons. The highest BCUT2D eigenvalue weighted by atomic mass is 19.4. The van der Waals surface area contributed by atoms with Gasteiger partial charge in [0.25, 0.3) is 0 Å². The van der Waals surface area contributed by atoms with Crippen molar-refractivity contribution in [3.05, 3.63) is 77.6 Å². The number of pyridine rings is 3. The molecule has 0 aliphatic heterocycles. The molecule has 0 bridgehead atoms. The van der Waals surface area contributed by atoms with Gasteiger partial charge in [-0.1, -0.05) is 0 Å². The molecule has 3 aromatic heterocycles. The summed E-state index contributed by atoms with van der Waals surface area (Å²) >= 11 is 0. The molecular formula is C23H16F3N5O. The van der Waals surface area contributed by atoms with Crippen molar-refractivity contribution in [3.63, 3.8) is 0 Å². The van der Waals surface area contributed by atoms with Crippen molar-refractivity contribution in [2.24, 2.45) is 0 Å². The van der Waals surface area contributed by atoms with Gasteiger partial charge in [0.1, 0.15) is 5.69 Å². The summed E-state index contributed by atoms with van der Waals surface area (Å²) in [6.07, 6.45) is -3.27. The van der Waals surface area contributed by atoms with Crippen LogP contribution in [0.5, 0.6) is 0 Å². The molecule has 6 nitrogen and oxygen atoms in total. The number of rotatable bonds is 5. The van der Waals surface area contributed by atoms with Crippen molar-refractivity contribution in [2.45, 2.75) is 12.8 Å². The van der Waals surface area contributed by atoms with Crippen molar-refractivity contribution in [3.8, 4) is 17.5 Å². The number of halogens is 3. The average Bonchev–Trinajstić information content (AvgIpc) is 2.79. The minimum atomic E-state index is -4.56. The standard InChI is InChI=1S/C23H16F3N5O/c1-32-13-16-11-20(29-15-6-4-14(12-27)5-7-15)17-8-9-19(31-22(17)30-16)21-18(23(24,25)26)3-2-10-28-21/h2-11H,13H2,1H3,(H,29,30,31). The topological polar surface area (TPSA) is 83.7 Å². The van der Waals surface area contributed by atoms with Crippen LogP contribution in [0.15, 0.2) is 60.8 Å². The number of anilines is 2. The molecule has 0 fully saturated rings. The molecule has 9 heteroatoms. The smallest absolute Gasteiger partial charge is 0.378 e. The van der Waals surface area contributed by atoms with Crippen LogP contribution in [-0.2, 0) is 17.5 Å². The first-order valence-corrected chi connectivity index (χ1v) is 9.48. The fourth-order valence-electron chi connectivity index (χ4n) is 3.24. The Morgan fingerprint density at radius 3 is 2.53 bits per heavy atom. The van der Waals surface area contributed by atoms with Crippen LogP contribution in [0.1, 0.15) is 16.8 Å². The molecule has 1 N–H and O–H groups in total. The molecule has 4 aromatic rings. The third kappa shape index (κ3) is 4.36. The van der Waals surface area contributed by atoms with Gasteiger partial charge in [-0.25, -0.2) is 9.97 Å². The maximum Gasteiger partial charge on any atom is 0.418 e. The maximum absolute atomic E-state index is 13.4. The lowest BCUT2D eigenvalue weighted by molar-refractivity contribution is -0.137. The number of aromatic nitrogens is 3. The monoisotopic (exact) mass is 435 g/mol. The number of nitrogens with zero attached hydrogens (tertiary/aromatic N) is 4. The van der Waals surface area contributed by atoms with Crippen LogP contribution in [0.25, 0.3) is 22.4 Å². The summed E-state index contributed by atoms with van der Waals surface area (Å²) in [6, 6.07) is 16.1. The van der Waals surface area contributed by atoms with E-state index in [2.05, 4.69) is 26.3 Å². The number of hydrogen-bond donors (Lipinski definition) is 1. The first-order valence-electron chi connectivity index (χ1n) is 9.48. The molecule has 0 aliphatic rings. The van der Waals surface area contributed by atoms with E-state index in [1.165, 1.54) is 25.4 Å². The van der Waals surface area contributed by atoms with Crippen molar-refractivity contribution in [2.75, 3.05) is 12.4 Å². The summed E-state index contributed by atoms with van der Waals surface area (Å²) in [4.78, 5) is 12.7. The Hall–Kier alpha value is -4.03. The van der Waals surface area contributed by atoms with Crippen LogP contribution in [0, 0.1) is 11.3 Å². The fourth-order valence-corrected chi connectivity index (χ4v) is 3.24. The Kier molecular flexibility index (Phi) is 5.71. The second-order valence-electron chi connectivity index (χ2n) is 6.87. The third-order valence-corrected chi connectivity index (χ3v) is 4.67. The van der Waals surface area contributed by atoms with Crippen molar-refractivity contribution in [1.29, 1.82) is 5.26 Å². The predicted molar refractivity (Wildman–Crippen MR) is 113 cm³/mol. The Balaban J connectivity index is 1.82.